The first-order chi connectivity index (χ1) is 11.5. The van der Waals surface area contributed by atoms with E-state index in [-0.39, 0.29) is 24.3 Å². The van der Waals surface area contributed by atoms with Crippen LogP contribution in [0.3, 0.4) is 0 Å². The average molecular weight is 330 g/mol. The largest absolute Gasteiger partial charge is 0.496 e. The van der Waals surface area contributed by atoms with Crippen molar-refractivity contribution in [2.75, 3.05) is 20.7 Å². The smallest absolute Gasteiger partial charge is 0.234 e. The Hall–Kier alpha value is -2.40. The van der Waals surface area contributed by atoms with Crippen molar-refractivity contribution in [2.24, 2.45) is 0 Å². The number of hydrogen-bond acceptors (Lipinski definition) is 3. The molecule has 0 aliphatic heterocycles. The molecular weight excluding hydrogens is 307 g/mol. The van der Waals surface area contributed by atoms with Gasteiger partial charge in [-0.25, -0.2) is 4.39 Å². The number of nitrogens with one attached hydrogen (secondary N) is 1. The van der Waals surface area contributed by atoms with Crippen LogP contribution >= 0.6 is 0 Å². The van der Waals surface area contributed by atoms with Crippen LogP contribution in [0.4, 0.5) is 4.39 Å². The third-order valence-corrected chi connectivity index (χ3v) is 3.79. The van der Waals surface area contributed by atoms with Gasteiger partial charge in [0.2, 0.25) is 5.91 Å². The molecule has 1 amide bonds. The van der Waals surface area contributed by atoms with Crippen molar-refractivity contribution in [1.82, 2.24) is 10.2 Å². The normalized spacial score (nSPS) is 12.0. The summed E-state index contributed by atoms with van der Waals surface area (Å²) in [4.78, 5) is 14.0. The number of carbonyl (C=O) groups excluding carboxylic acids is 1. The number of amides is 1. The van der Waals surface area contributed by atoms with Gasteiger partial charge < -0.3 is 10.1 Å². The van der Waals surface area contributed by atoms with Gasteiger partial charge in [0.25, 0.3) is 0 Å². The summed E-state index contributed by atoms with van der Waals surface area (Å²) in [6, 6.07) is 14.0. The van der Waals surface area contributed by atoms with Gasteiger partial charge in [0.15, 0.2) is 0 Å². The van der Waals surface area contributed by atoms with Crippen LogP contribution in [0.15, 0.2) is 48.5 Å². The Morgan fingerprint density at radius 2 is 1.88 bits per heavy atom. The number of benzene rings is 2. The highest BCUT2D eigenvalue weighted by Gasteiger charge is 2.15. The van der Waals surface area contributed by atoms with Gasteiger partial charge in [0.1, 0.15) is 11.6 Å². The van der Waals surface area contributed by atoms with Crippen LogP contribution in [0.5, 0.6) is 5.75 Å². The Balaban J connectivity index is 1.91. The van der Waals surface area contributed by atoms with Crippen molar-refractivity contribution >= 4 is 5.91 Å². The van der Waals surface area contributed by atoms with Crippen molar-refractivity contribution in [3.63, 3.8) is 0 Å². The number of methoxy groups -OCH3 is 1. The summed E-state index contributed by atoms with van der Waals surface area (Å²) >= 11 is 0. The first-order valence-corrected chi connectivity index (χ1v) is 7.85. The molecule has 2 aromatic carbocycles. The minimum absolute atomic E-state index is 0.118. The standard InChI is InChI=1S/C19H23FN2O2/c1-14(16-9-5-7-11-18(16)24-3)21-19(23)13-22(2)12-15-8-4-6-10-17(15)20/h4-11,14H,12-13H2,1-3H3,(H,21,23). The number of nitrogens with zero attached hydrogens (tertiary/aromatic N) is 1. The van der Waals surface area contributed by atoms with Gasteiger partial charge in [-0.2, -0.15) is 0 Å². The topological polar surface area (TPSA) is 41.6 Å². The predicted molar refractivity (Wildman–Crippen MR) is 92.3 cm³/mol. The second kappa shape index (κ2) is 8.45. The lowest BCUT2D eigenvalue weighted by Crippen LogP contribution is -2.36. The Morgan fingerprint density at radius 1 is 1.21 bits per heavy atom. The maximum Gasteiger partial charge on any atom is 0.234 e. The number of para-hydroxylation sites is 1. The van der Waals surface area contributed by atoms with Crippen LogP contribution < -0.4 is 10.1 Å². The van der Waals surface area contributed by atoms with Gasteiger partial charge in [-0.15, -0.1) is 0 Å². The van der Waals surface area contributed by atoms with E-state index >= 15 is 0 Å². The molecule has 0 aromatic heterocycles. The summed E-state index contributed by atoms with van der Waals surface area (Å²) in [5, 5.41) is 2.95. The quantitative estimate of drug-likeness (QED) is 0.848. The van der Waals surface area contributed by atoms with Crippen LogP contribution in [0.25, 0.3) is 0 Å². The first kappa shape index (κ1) is 17.9. The van der Waals surface area contributed by atoms with Crippen LogP contribution in [0, 0.1) is 5.82 Å². The molecular formula is C19H23FN2O2. The number of hydrogen-bond donors (Lipinski definition) is 1. The van der Waals surface area contributed by atoms with Crippen LogP contribution in [0.2, 0.25) is 0 Å². The molecule has 5 heteroatoms. The van der Waals surface area contributed by atoms with E-state index in [9.17, 15) is 9.18 Å². The van der Waals surface area contributed by atoms with Gasteiger partial charge >= 0.3 is 0 Å². The fraction of sp³-hybridized carbons (Fsp3) is 0.316. The summed E-state index contributed by atoms with van der Waals surface area (Å²) in [5.74, 6) is 0.365. The molecule has 24 heavy (non-hydrogen) atoms. The van der Waals surface area contributed by atoms with E-state index in [1.807, 2.05) is 31.2 Å². The maximum atomic E-state index is 13.7. The Kier molecular flexibility index (Phi) is 6.32. The molecule has 0 spiro atoms. The molecule has 0 fully saturated rings. The third kappa shape index (κ3) is 4.80. The summed E-state index contributed by atoms with van der Waals surface area (Å²) in [6.45, 7) is 2.48. The van der Waals surface area contributed by atoms with E-state index < -0.39 is 0 Å². The van der Waals surface area contributed by atoms with Crippen LogP contribution in [-0.2, 0) is 11.3 Å². The molecule has 4 nitrogen and oxygen atoms in total. The molecule has 0 aliphatic carbocycles. The average Bonchev–Trinajstić information content (AvgIpc) is 2.56. The van der Waals surface area contributed by atoms with Crippen molar-refractivity contribution in [3.8, 4) is 5.75 Å². The van der Waals surface area contributed by atoms with Gasteiger partial charge in [-0.3, -0.25) is 9.69 Å². The highest BCUT2D eigenvalue weighted by atomic mass is 19.1. The predicted octanol–water partition coefficient (Wildman–Crippen LogP) is 3.14. The van der Waals surface area contributed by atoms with Crippen molar-refractivity contribution in [3.05, 3.63) is 65.5 Å². The minimum atomic E-state index is -0.257. The zero-order chi connectivity index (χ0) is 17.5. The second-order valence-corrected chi connectivity index (χ2v) is 5.79. The highest BCUT2D eigenvalue weighted by molar-refractivity contribution is 5.78. The van der Waals surface area contributed by atoms with Gasteiger partial charge in [-0.1, -0.05) is 36.4 Å². The van der Waals surface area contributed by atoms with E-state index in [2.05, 4.69) is 5.32 Å². The van der Waals surface area contributed by atoms with Gasteiger partial charge in [0.05, 0.1) is 19.7 Å². The Bertz CT molecular complexity index is 691. The first-order valence-electron chi connectivity index (χ1n) is 7.85. The van der Waals surface area contributed by atoms with Crippen molar-refractivity contribution in [2.45, 2.75) is 19.5 Å². The van der Waals surface area contributed by atoms with Gasteiger partial charge in [0, 0.05) is 17.7 Å². The zero-order valence-corrected chi connectivity index (χ0v) is 14.3. The Labute approximate surface area is 142 Å². The van der Waals surface area contributed by atoms with E-state index in [0.717, 1.165) is 11.3 Å². The fourth-order valence-electron chi connectivity index (χ4n) is 2.61. The summed E-state index contributed by atoms with van der Waals surface area (Å²) < 4.78 is 19.0. The van der Waals surface area contributed by atoms with Crippen LogP contribution in [-0.4, -0.2) is 31.5 Å². The number of likely N-dealkylation sites (N-methyl/N-ethyl adjacent to an activating group) is 1. The minimum Gasteiger partial charge on any atom is -0.496 e. The summed E-state index contributed by atoms with van der Waals surface area (Å²) in [7, 11) is 3.40. The number of halogens is 1. The monoisotopic (exact) mass is 330 g/mol. The lowest BCUT2D eigenvalue weighted by atomic mass is 10.1. The maximum absolute atomic E-state index is 13.7. The molecule has 2 aromatic rings. The zero-order valence-electron chi connectivity index (χ0n) is 14.3. The molecule has 128 valence electrons. The molecule has 2 rings (SSSR count). The summed E-state index contributed by atoms with van der Waals surface area (Å²) in [6.07, 6.45) is 0. The number of carbonyl (C=O) groups is 1. The lowest BCUT2D eigenvalue weighted by molar-refractivity contribution is -0.122. The fourth-order valence-corrected chi connectivity index (χ4v) is 2.61. The highest BCUT2D eigenvalue weighted by Crippen LogP contribution is 2.24. The molecule has 0 bridgehead atoms. The van der Waals surface area contributed by atoms with E-state index in [1.54, 1.807) is 37.3 Å². The number of rotatable bonds is 7. The lowest BCUT2D eigenvalue weighted by Gasteiger charge is -2.20. The van der Waals surface area contributed by atoms with Gasteiger partial charge in [-0.05, 0) is 26.1 Å². The second-order valence-electron chi connectivity index (χ2n) is 5.79. The molecule has 0 aliphatic rings. The molecule has 0 heterocycles. The number of ether oxygens (including phenoxy) is 1. The third-order valence-electron chi connectivity index (χ3n) is 3.79. The molecule has 0 radical (unpaired) electrons. The molecule has 0 saturated carbocycles. The van der Waals surface area contributed by atoms with Crippen molar-refractivity contribution < 1.29 is 13.9 Å². The van der Waals surface area contributed by atoms with Crippen molar-refractivity contribution in [1.29, 1.82) is 0 Å². The SMILES string of the molecule is COc1ccccc1C(C)NC(=O)CN(C)Cc1ccccc1F. The van der Waals surface area contributed by atoms with E-state index in [4.69, 9.17) is 4.74 Å². The van der Waals surface area contributed by atoms with Crippen LogP contribution in [0.1, 0.15) is 24.1 Å². The summed E-state index contributed by atoms with van der Waals surface area (Å²) in [5.41, 5.74) is 1.50. The van der Waals surface area contributed by atoms with E-state index in [0.29, 0.717) is 12.1 Å². The Morgan fingerprint density at radius 3 is 2.58 bits per heavy atom. The molecule has 1 atom stereocenters. The molecule has 1 unspecified atom stereocenters. The van der Waals surface area contributed by atoms with E-state index in [1.165, 1.54) is 6.07 Å². The molecule has 1 N–H and O–H groups in total. The molecule has 0 saturated heterocycles.